The molecule has 1 heterocycles. The lowest BCUT2D eigenvalue weighted by Gasteiger charge is -2.30. The van der Waals surface area contributed by atoms with Gasteiger partial charge in [-0.05, 0) is 24.6 Å². The van der Waals surface area contributed by atoms with Gasteiger partial charge in [0.25, 0.3) is 5.91 Å². The SMILES string of the molecule is COc1cc(C(=O)O)ccc1OCC(=O)N1CCC1. The van der Waals surface area contributed by atoms with Crippen LogP contribution in [0.5, 0.6) is 11.5 Å². The molecule has 0 radical (unpaired) electrons. The number of carboxylic acid groups (broad SMARTS) is 1. The summed E-state index contributed by atoms with van der Waals surface area (Å²) in [5.41, 5.74) is 0.110. The molecule has 102 valence electrons. The van der Waals surface area contributed by atoms with E-state index in [9.17, 15) is 9.59 Å². The summed E-state index contributed by atoms with van der Waals surface area (Å²) >= 11 is 0. The maximum Gasteiger partial charge on any atom is 0.335 e. The van der Waals surface area contributed by atoms with Crippen molar-refractivity contribution in [1.29, 1.82) is 0 Å². The molecule has 1 amide bonds. The molecule has 0 saturated carbocycles. The van der Waals surface area contributed by atoms with E-state index in [0.29, 0.717) is 11.5 Å². The third kappa shape index (κ3) is 2.96. The summed E-state index contributed by atoms with van der Waals surface area (Å²) < 4.78 is 10.4. The van der Waals surface area contributed by atoms with Crippen LogP contribution < -0.4 is 9.47 Å². The number of aromatic carboxylic acids is 1. The number of carbonyl (C=O) groups excluding carboxylic acids is 1. The van der Waals surface area contributed by atoms with Crippen molar-refractivity contribution in [2.24, 2.45) is 0 Å². The van der Waals surface area contributed by atoms with Gasteiger partial charge in [-0.15, -0.1) is 0 Å². The zero-order chi connectivity index (χ0) is 13.8. The Morgan fingerprint density at radius 3 is 2.58 bits per heavy atom. The zero-order valence-corrected chi connectivity index (χ0v) is 10.6. The molecule has 0 spiro atoms. The van der Waals surface area contributed by atoms with Gasteiger partial charge in [0.1, 0.15) is 0 Å². The third-order valence-electron chi connectivity index (χ3n) is 2.97. The van der Waals surface area contributed by atoms with Gasteiger partial charge in [-0.2, -0.15) is 0 Å². The van der Waals surface area contributed by atoms with Crippen molar-refractivity contribution in [3.63, 3.8) is 0 Å². The molecule has 0 aromatic heterocycles. The van der Waals surface area contributed by atoms with Gasteiger partial charge < -0.3 is 19.5 Å². The van der Waals surface area contributed by atoms with Crippen molar-refractivity contribution in [3.8, 4) is 11.5 Å². The molecule has 1 aliphatic heterocycles. The summed E-state index contributed by atoms with van der Waals surface area (Å²) in [6.07, 6.45) is 1.03. The molecule has 0 atom stereocenters. The van der Waals surface area contributed by atoms with Gasteiger partial charge in [-0.3, -0.25) is 4.79 Å². The lowest BCUT2D eigenvalue weighted by Crippen LogP contribution is -2.44. The number of carboxylic acids is 1. The van der Waals surface area contributed by atoms with Crippen LogP contribution in [0, 0.1) is 0 Å². The fourth-order valence-electron chi connectivity index (χ4n) is 1.72. The number of rotatable bonds is 5. The Balaban J connectivity index is 2.02. The number of nitrogens with zero attached hydrogens (tertiary/aromatic N) is 1. The summed E-state index contributed by atoms with van der Waals surface area (Å²) in [4.78, 5) is 24.2. The summed E-state index contributed by atoms with van der Waals surface area (Å²) in [5.74, 6) is -0.449. The second kappa shape index (κ2) is 5.60. The Labute approximate surface area is 110 Å². The number of hydrogen-bond acceptors (Lipinski definition) is 4. The smallest absolute Gasteiger partial charge is 0.335 e. The van der Waals surface area contributed by atoms with Crippen molar-refractivity contribution >= 4 is 11.9 Å². The maximum atomic E-state index is 11.6. The molecule has 2 rings (SSSR count). The Kier molecular flexibility index (Phi) is 3.89. The van der Waals surface area contributed by atoms with E-state index >= 15 is 0 Å². The number of carbonyl (C=O) groups is 2. The van der Waals surface area contributed by atoms with Crippen molar-refractivity contribution < 1.29 is 24.2 Å². The maximum absolute atomic E-state index is 11.6. The van der Waals surface area contributed by atoms with E-state index in [-0.39, 0.29) is 18.1 Å². The number of methoxy groups -OCH3 is 1. The van der Waals surface area contributed by atoms with Gasteiger partial charge >= 0.3 is 5.97 Å². The minimum absolute atomic E-state index is 0.0667. The first kappa shape index (κ1) is 13.2. The quantitative estimate of drug-likeness (QED) is 0.859. The predicted octanol–water partition coefficient (Wildman–Crippen LogP) is 1.00. The van der Waals surface area contributed by atoms with Crippen LogP contribution in [0.15, 0.2) is 18.2 Å². The zero-order valence-electron chi connectivity index (χ0n) is 10.6. The molecule has 1 aliphatic rings. The molecule has 0 aliphatic carbocycles. The van der Waals surface area contributed by atoms with Gasteiger partial charge in [0, 0.05) is 13.1 Å². The van der Waals surface area contributed by atoms with E-state index < -0.39 is 5.97 Å². The highest BCUT2D eigenvalue weighted by Crippen LogP contribution is 2.28. The van der Waals surface area contributed by atoms with Crippen LogP contribution in [0.2, 0.25) is 0 Å². The molecule has 0 unspecified atom stereocenters. The van der Waals surface area contributed by atoms with Crippen LogP contribution in [0.1, 0.15) is 16.8 Å². The number of hydrogen-bond donors (Lipinski definition) is 1. The number of benzene rings is 1. The van der Waals surface area contributed by atoms with Crippen LogP contribution in [0.3, 0.4) is 0 Å². The van der Waals surface area contributed by atoms with Crippen LogP contribution in [-0.2, 0) is 4.79 Å². The van der Waals surface area contributed by atoms with Crippen LogP contribution in [0.4, 0.5) is 0 Å². The Morgan fingerprint density at radius 1 is 1.32 bits per heavy atom. The molecule has 0 bridgehead atoms. The fraction of sp³-hybridized carbons (Fsp3) is 0.385. The van der Waals surface area contributed by atoms with Crippen LogP contribution in [-0.4, -0.2) is 48.7 Å². The summed E-state index contributed by atoms with van der Waals surface area (Å²) in [6, 6.07) is 4.27. The molecule has 6 nitrogen and oxygen atoms in total. The van der Waals surface area contributed by atoms with E-state index in [1.165, 1.54) is 25.3 Å². The molecule has 1 fully saturated rings. The highest BCUT2D eigenvalue weighted by atomic mass is 16.5. The van der Waals surface area contributed by atoms with Crippen molar-refractivity contribution in [1.82, 2.24) is 4.90 Å². The average Bonchev–Trinajstić information content (AvgIpc) is 2.33. The predicted molar refractivity (Wildman–Crippen MR) is 66.6 cm³/mol. The molecular weight excluding hydrogens is 250 g/mol. The normalized spacial score (nSPS) is 13.6. The van der Waals surface area contributed by atoms with E-state index in [4.69, 9.17) is 14.6 Å². The minimum atomic E-state index is -1.04. The van der Waals surface area contributed by atoms with Gasteiger partial charge in [0.05, 0.1) is 12.7 Å². The molecule has 1 N–H and O–H groups in total. The third-order valence-corrected chi connectivity index (χ3v) is 2.97. The largest absolute Gasteiger partial charge is 0.493 e. The van der Waals surface area contributed by atoms with Crippen LogP contribution in [0.25, 0.3) is 0 Å². The van der Waals surface area contributed by atoms with Crippen LogP contribution >= 0.6 is 0 Å². The van der Waals surface area contributed by atoms with E-state index in [2.05, 4.69) is 0 Å². The molecule has 1 saturated heterocycles. The second-order valence-corrected chi connectivity index (χ2v) is 4.19. The first-order chi connectivity index (χ1) is 9.11. The molecule has 6 heteroatoms. The van der Waals surface area contributed by atoms with Gasteiger partial charge in [0.2, 0.25) is 0 Å². The van der Waals surface area contributed by atoms with Gasteiger partial charge in [0.15, 0.2) is 18.1 Å². The minimum Gasteiger partial charge on any atom is -0.493 e. The highest BCUT2D eigenvalue weighted by molar-refractivity contribution is 5.88. The van der Waals surface area contributed by atoms with E-state index in [1.54, 1.807) is 4.90 Å². The molecule has 19 heavy (non-hydrogen) atoms. The van der Waals surface area contributed by atoms with Gasteiger partial charge in [-0.25, -0.2) is 4.79 Å². The molecule has 1 aromatic carbocycles. The van der Waals surface area contributed by atoms with Crippen molar-refractivity contribution in [2.75, 3.05) is 26.8 Å². The Hall–Kier alpha value is -2.24. The monoisotopic (exact) mass is 265 g/mol. The number of ether oxygens (including phenoxy) is 2. The Morgan fingerprint density at radius 2 is 2.05 bits per heavy atom. The average molecular weight is 265 g/mol. The first-order valence-corrected chi connectivity index (χ1v) is 5.93. The molecule has 1 aromatic rings. The molecular formula is C13H15NO5. The van der Waals surface area contributed by atoms with Gasteiger partial charge in [-0.1, -0.05) is 0 Å². The first-order valence-electron chi connectivity index (χ1n) is 5.93. The summed E-state index contributed by atoms with van der Waals surface area (Å²) in [7, 11) is 1.42. The Bertz CT molecular complexity index is 496. The summed E-state index contributed by atoms with van der Waals surface area (Å²) in [6.45, 7) is 1.48. The second-order valence-electron chi connectivity index (χ2n) is 4.19. The number of likely N-dealkylation sites (tertiary alicyclic amines) is 1. The lowest BCUT2D eigenvalue weighted by atomic mass is 10.2. The van der Waals surface area contributed by atoms with Crippen molar-refractivity contribution in [3.05, 3.63) is 23.8 Å². The number of amides is 1. The lowest BCUT2D eigenvalue weighted by molar-refractivity contribution is -0.136. The highest BCUT2D eigenvalue weighted by Gasteiger charge is 2.21. The van der Waals surface area contributed by atoms with E-state index in [0.717, 1.165) is 19.5 Å². The van der Waals surface area contributed by atoms with Crippen molar-refractivity contribution in [2.45, 2.75) is 6.42 Å². The standard InChI is InChI=1S/C13H15NO5/c1-18-11-7-9(13(16)17)3-4-10(11)19-8-12(15)14-5-2-6-14/h3-4,7H,2,5-6,8H2,1H3,(H,16,17). The summed E-state index contributed by atoms with van der Waals surface area (Å²) in [5, 5.41) is 8.87. The topological polar surface area (TPSA) is 76.1 Å². The fourth-order valence-corrected chi connectivity index (χ4v) is 1.72. The van der Waals surface area contributed by atoms with E-state index in [1.807, 2.05) is 0 Å².